The Bertz CT molecular complexity index is 320. The fourth-order valence-corrected chi connectivity index (χ4v) is 1.71. The van der Waals surface area contributed by atoms with Crippen LogP contribution in [-0.2, 0) is 4.79 Å². The lowest BCUT2D eigenvalue weighted by Crippen LogP contribution is -2.31. The van der Waals surface area contributed by atoms with Crippen molar-refractivity contribution < 1.29 is 9.90 Å². The van der Waals surface area contributed by atoms with Crippen molar-refractivity contribution in [3.63, 3.8) is 0 Å². The first-order chi connectivity index (χ1) is 9.45. The van der Waals surface area contributed by atoms with Gasteiger partial charge in [0.2, 0.25) is 5.91 Å². The zero-order chi connectivity index (χ0) is 15.4. The molecular weight excluding hydrogens is 252 g/mol. The highest BCUT2D eigenvalue weighted by atomic mass is 16.3. The Kier molecular flexibility index (Phi) is 11.0. The summed E-state index contributed by atoms with van der Waals surface area (Å²) in [5.74, 6) is 0.490. The van der Waals surface area contributed by atoms with Crippen LogP contribution in [0.15, 0.2) is 23.8 Å². The van der Waals surface area contributed by atoms with Gasteiger partial charge in [0.25, 0.3) is 0 Å². The minimum Gasteiger partial charge on any atom is -0.395 e. The Morgan fingerprint density at radius 1 is 1.35 bits per heavy atom. The van der Waals surface area contributed by atoms with Crippen molar-refractivity contribution in [2.75, 3.05) is 13.2 Å². The summed E-state index contributed by atoms with van der Waals surface area (Å²) in [6.45, 7) is 6.87. The van der Waals surface area contributed by atoms with Gasteiger partial charge in [-0.2, -0.15) is 0 Å². The van der Waals surface area contributed by atoms with Crippen molar-refractivity contribution in [1.82, 2.24) is 5.32 Å². The fraction of sp³-hybridized carbons (Fsp3) is 0.688. The van der Waals surface area contributed by atoms with E-state index in [9.17, 15) is 4.79 Å². The maximum Gasteiger partial charge on any atom is 0.243 e. The lowest BCUT2D eigenvalue weighted by molar-refractivity contribution is -0.116. The Hall–Kier alpha value is -1.13. The molecule has 0 aliphatic heterocycles. The van der Waals surface area contributed by atoms with E-state index in [1.165, 1.54) is 5.57 Å². The summed E-state index contributed by atoms with van der Waals surface area (Å²) in [4.78, 5) is 11.5. The van der Waals surface area contributed by atoms with E-state index < -0.39 is 0 Å². The summed E-state index contributed by atoms with van der Waals surface area (Å²) in [5.41, 5.74) is 6.90. The average molecular weight is 282 g/mol. The van der Waals surface area contributed by atoms with Gasteiger partial charge in [-0.3, -0.25) is 4.79 Å². The van der Waals surface area contributed by atoms with Gasteiger partial charge in [-0.15, -0.1) is 0 Å². The predicted octanol–water partition coefficient (Wildman–Crippen LogP) is 2.14. The molecule has 0 aromatic carbocycles. The van der Waals surface area contributed by atoms with Crippen molar-refractivity contribution in [3.8, 4) is 0 Å². The SMILES string of the molecule is CC(C)=CCCC(C)C/C=C/C(=O)NCCC(N)CO. The highest BCUT2D eigenvalue weighted by molar-refractivity contribution is 5.87. The number of nitrogens with one attached hydrogen (secondary N) is 1. The van der Waals surface area contributed by atoms with E-state index in [1.54, 1.807) is 6.08 Å². The van der Waals surface area contributed by atoms with Gasteiger partial charge in [0.05, 0.1) is 6.61 Å². The molecule has 4 nitrogen and oxygen atoms in total. The van der Waals surface area contributed by atoms with Crippen LogP contribution in [0, 0.1) is 5.92 Å². The van der Waals surface area contributed by atoms with Crippen LogP contribution in [0.1, 0.15) is 46.5 Å². The van der Waals surface area contributed by atoms with Crippen LogP contribution in [0.4, 0.5) is 0 Å². The van der Waals surface area contributed by atoms with Crippen LogP contribution in [0.25, 0.3) is 0 Å². The third-order valence-corrected chi connectivity index (χ3v) is 3.07. The molecule has 0 aromatic heterocycles. The molecule has 0 saturated carbocycles. The van der Waals surface area contributed by atoms with E-state index in [0.29, 0.717) is 18.9 Å². The monoisotopic (exact) mass is 282 g/mol. The second kappa shape index (κ2) is 11.7. The fourth-order valence-electron chi connectivity index (χ4n) is 1.71. The minimum absolute atomic E-state index is 0.0467. The molecule has 2 atom stereocenters. The zero-order valence-corrected chi connectivity index (χ0v) is 13.1. The maximum atomic E-state index is 11.5. The molecule has 0 fully saturated rings. The summed E-state index contributed by atoms with van der Waals surface area (Å²) in [6.07, 6.45) is 9.51. The van der Waals surface area contributed by atoms with E-state index in [2.05, 4.69) is 32.2 Å². The van der Waals surface area contributed by atoms with Crippen LogP contribution in [0.3, 0.4) is 0 Å². The summed E-state index contributed by atoms with van der Waals surface area (Å²) >= 11 is 0. The maximum absolute atomic E-state index is 11.5. The number of aliphatic hydroxyl groups is 1. The number of rotatable bonds is 10. The number of nitrogens with two attached hydrogens (primary N) is 1. The smallest absolute Gasteiger partial charge is 0.243 e. The topological polar surface area (TPSA) is 75.4 Å². The number of allylic oxidation sites excluding steroid dienone is 3. The summed E-state index contributed by atoms with van der Waals surface area (Å²) in [5, 5.41) is 11.5. The first-order valence-electron chi connectivity index (χ1n) is 7.39. The van der Waals surface area contributed by atoms with Crippen molar-refractivity contribution in [2.45, 2.75) is 52.5 Å². The van der Waals surface area contributed by atoms with Gasteiger partial charge >= 0.3 is 0 Å². The summed E-state index contributed by atoms with van der Waals surface area (Å²) in [6, 6.07) is -0.255. The molecule has 0 heterocycles. The highest BCUT2D eigenvalue weighted by Gasteiger charge is 2.02. The van der Waals surface area contributed by atoms with Crippen LogP contribution in [-0.4, -0.2) is 30.2 Å². The molecule has 0 bridgehead atoms. The van der Waals surface area contributed by atoms with Crippen LogP contribution in [0.2, 0.25) is 0 Å². The minimum atomic E-state index is -0.255. The number of hydrogen-bond donors (Lipinski definition) is 3. The van der Waals surface area contributed by atoms with Gasteiger partial charge in [0.15, 0.2) is 0 Å². The van der Waals surface area contributed by atoms with Crippen molar-refractivity contribution in [2.24, 2.45) is 11.7 Å². The Labute approximate surface area is 123 Å². The molecule has 2 unspecified atom stereocenters. The third-order valence-electron chi connectivity index (χ3n) is 3.07. The molecule has 0 radical (unpaired) electrons. The third kappa shape index (κ3) is 11.9. The Morgan fingerprint density at radius 2 is 2.05 bits per heavy atom. The van der Waals surface area contributed by atoms with Gasteiger partial charge in [0, 0.05) is 12.6 Å². The predicted molar refractivity (Wildman–Crippen MR) is 84.3 cm³/mol. The highest BCUT2D eigenvalue weighted by Crippen LogP contribution is 2.12. The standard InChI is InChI=1S/C16H30N2O2/c1-13(2)6-4-7-14(3)8-5-9-16(20)18-11-10-15(17)12-19/h5-6,9,14-15,19H,4,7-8,10-12,17H2,1-3H3,(H,18,20)/b9-5+. The normalized spacial score (nSPS) is 14.1. The number of carbonyl (C=O) groups is 1. The van der Waals surface area contributed by atoms with E-state index in [1.807, 2.05) is 6.08 Å². The molecule has 4 heteroatoms. The second-order valence-corrected chi connectivity index (χ2v) is 5.62. The molecule has 20 heavy (non-hydrogen) atoms. The number of amides is 1. The zero-order valence-electron chi connectivity index (χ0n) is 13.1. The number of carbonyl (C=O) groups excluding carboxylic acids is 1. The molecule has 4 N–H and O–H groups in total. The van der Waals surface area contributed by atoms with Crippen LogP contribution >= 0.6 is 0 Å². The molecule has 116 valence electrons. The van der Waals surface area contributed by atoms with Crippen LogP contribution < -0.4 is 11.1 Å². The average Bonchev–Trinajstić information content (AvgIpc) is 2.38. The summed E-state index contributed by atoms with van der Waals surface area (Å²) in [7, 11) is 0. The quantitative estimate of drug-likeness (QED) is 0.424. The first kappa shape index (κ1) is 18.9. The van der Waals surface area contributed by atoms with Crippen molar-refractivity contribution in [1.29, 1.82) is 0 Å². The molecule has 0 saturated heterocycles. The number of aliphatic hydroxyl groups excluding tert-OH is 1. The molecular formula is C16H30N2O2. The summed E-state index contributed by atoms with van der Waals surface area (Å²) < 4.78 is 0. The molecule has 0 rings (SSSR count). The molecule has 0 spiro atoms. The van der Waals surface area contributed by atoms with E-state index in [0.717, 1.165) is 19.3 Å². The number of hydrogen-bond acceptors (Lipinski definition) is 3. The largest absolute Gasteiger partial charge is 0.395 e. The molecule has 0 aliphatic rings. The Balaban J connectivity index is 3.72. The van der Waals surface area contributed by atoms with E-state index in [-0.39, 0.29) is 18.6 Å². The van der Waals surface area contributed by atoms with Gasteiger partial charge in [-0.1, -0.05) is 24.6 Å². The van der Waals surface area contributed by atoms with Gasteiger partial charge in [0.1, 0.15) is 0 Å². The lowest BCUT2D eigenvalue weighted by Gasteiger charge is -2.08. The second-order valence-electron chi connectivity index (χ2n) is 5.62. The van der Waals surface area contributed by atoms with E-state index in [4.69, 9.17) is 10.8 Å². The van der Waals surface area contributed by atoms with Crippen molar-refractivity contribution >= 4 is 5.91 Å². The molecule has 0 aromatic rings. The Morgan fingerprint density at radius 3 is 2.65 bits per heavy atom. The molecule has 0 aliphatic carbocycles. The van der Waals surface area contributed by atoms with Crippen molar-refractivity contribution in [3.05, 3.63) is 23.8 Å². The first-order valence-corrected chi connectivity index (χ1v) is 7.39. The lowest BCUT2D eigenvalue weighted by atomic mass is 10.0. The van der Waals surface area contributed by atoms with E-state index >= 15 is 0 Å². The molecule has 1 amide bonds. The van der Waals surface area contributed by atoms with Gasteiger partial charge < -0.3 is 16.2 Å². The van der Waals surface area contributed by atoms with Crippen LogP contribution in [0.5, 0.6) is 0 Å². The van der Waals surface area contributed by atoms with Gasteiger partial charge in [-0.25, -0.2) is 0 Å². The van der Waals surface area contributed by atoms with Gasteiger partial charge in [-0.05, 0) is 51.5 Å².